The van der Waals surface area contributed by atoms with E-state index < -0.39 is 34.2 Å². The molecule has 2 saturated heterocycles. The van der Waals surface area contributed by atoms with Crippen molar-refractivity contribution in [3.63, 3.8) is 0 Å². The fraction of sp³-hybridized carbons (Fsp3) is 0.440. The first-order chi connectivity index (χ1) is 16.5. The van der Waals surface area contributed by atoms with E-state index in [0.717, 1.165) is 43.8 Å². The molecule has 2 aliphatic heterocycles. The van der Waals surface area contributed by atoms with Gasteiger partial charge in [0, 0.05) is 36.8 Å². The summed E-state index contributed by atoms with van der Waals surface area (Å²) in [5.74, 6) is -0.0663. The molecule has 35 heavy (non-hydrogen) atoms. The third-order valence-corrected chi connectivity index (χ3v) is 7.34. The smallest absolute Gasteiger partial charge is 0.396 e. The Balaban J connectivity index is 1.63. The normalized spacial score (nSPS) is 20.9. The lowest BCUT2D eigenvalue weighted by Gasteiger charge is -2.35. The lowest BCUT2D eigenvalue weighted by molar-refractivity contribution is -0.137. The topological polar surface area (TPSA) is 70.8 Å². The molecule has 2 heterocycles. The molecule has 0 bridgehead atoms. The molecule has 186 valence electrons. The van der Waals surface area contributed by atoms with Crippen molar-refractivity contribution in [3.8, 4) is 6.07 Å². The number of thiol groups is 1. The second kappa shape index (κ2) is 9.28. The van der Waals surface area contributed by atoms with Crippen LogP contribution in [0.5, 0.6) is 0 Å². The van der Waals surface area contributed by atoms with Gasteiger partial charge < -0.3 is 14.9 Å². The average molecular weight is 505 g/mol. The molecule has 1 N–H and O–H groups in total. The fourth-order valence-corrected chi connectivity index (χ4v) is 5.49. The zero-order valence-electron chi connectivity index (χ0n) is 19.5. The Labute approximate surface area is 208 Å². The summed E-state index contributed by atoms with van der Waals surface area (Å²) in [5.41, 5.74) is -1.74. The number of aliphatic hydroxyl groups excluding tert-OH is 1. The van der Waals surface area contributed by atoms with Crippen LogP contribution in [0.25, 0.3) is 0 Å². The molecule has 2 aromatic carbocycles. The summed E-state index contributed by atoms with van der Waals surface area (Å²) >= 11 is 4.63. The van der Waals surface area contributed by atoms with E-state index in [4.69, 9.17) is 5.26 Å². The standard InChI is InChI=1S/C25H27F3N4O2S/c1-24(2)22(34)31(20-4-3-17(14-29)21(13-20)25(26,27)28)23(35)32(24)19-7-5-18(6-8-19)30-11-9-16(15-33)10-12-30/h3-8,13,16,23,33,35H,9-12,15H2,1-2H3. The number of carbonyl (C=O) groups excluding carboxylic acids is 1. The Morgan fingerprint density at radius 3 is 2.20 bits per heavy atom. The largest absolute Gasteiger partial charge is 0.417 e. The van der Waals surface area contributed by atoms with Crippen molar-refractivity contribution >= 4 is 35.6 Å². The van der Waals surface area contributed by atoms with Crippen LogP contribution < -0.4 is 14.7 Å². The Hall–Kier alpha value is -2.90. The maximum atomic E-state index is 13.5. The molecule has 4 rings (SSSR count). The van der Waals surface area contributed by atoms with Gasteiger partial charge in [-0.2, -0.15) is 18.4 Å². The number of benzene rings is 2. The Morgan fingerprint density at radius 1 is 1.09 bits per heavy atom. The monoisotopic (exact) mass is 504 g/mol. The summed E-state index contributed by atoms with van der Waals surface area (Å²) in [6.45, 7) is 5.32. The third kappa shape index (κ3) is 4.55. The molecule has 2 aromatic rings. The average Bonchev–Trinajstić information content (AvgIpc) is 3.01. The molecule has 1 amide bonds. The highest BCUT2D eigenvalue weighted by Crippen LogP contribution is 2.42. The van der Waals surface area contributed by atoms with Crippen LogP contribution in [0, 0.1) is 17.2 Å². The van der Waals surface area contributed by atoms with Crippen molar-refractivity contribution < 1.29 is 23.1 Å². The third-order valence-electron chi connectivity index (χ3n) is 6.88. The van der Waals surface area contributed by atoms with Gasteiger partial charge >= 0.3 is 6.18 Å². The highest BCUT2D eigenvalue weighted by molar-refractivity contribution is 7.81. The van der Waals surface area contributed by atoms with Crippen molar-refractivity contribution in [2.24, 2.45) is 5.92 Å². The maximum Gasteiger partial charge on any atom is 0.417 e. The quantitative estimate of drug-likeness (QED) is 0.594. The molecule has 0 radical (unpaired) electrons. The Bertz CT molecular complexity index is 1140. The van der Waals surface area contributed by atoms with E-state index in [1.54, 1.807) is 24.8 Å². The maximum absolute atomic E-state index is 13.5. The molecular weight excluding hydrogens is 477 g/mol. The van der Waals surface area contributed by atoms with Crippen LogP contribution in [0.15, 0.2) is 42.5 Å². The highest BCUT2D eigenvalue weighted by Gasteiger charge is 2.51. The zero-order chi connectivity index (χ0) is 25.5. The van der Waals surface area contributed by atoms with Gasteiger partial charge in [0.2, 0.25) is 0 Å². The molecule has 1 unspecified atom stereocenters. The number of alkyl halides is 3. The molecule has 0 aliphatic carbocycles. The first kappa shape index (κ1) is 25.2. The zero-order valence-corrected chi connectivity index (χ0v) is 20.4. The van der Waals surface area contributed by atoms with E-state index in [0.29, 0.717) is 11.6 Å². The number of piperidine rings is 1. The first-order valence-electron chi connectivity index (χ1n) is 11.4. The SMILES string of the molecule is CC1(C)C(=O)N(c2ccc(C#N)c(C(F)(F)F)c2)C(S)N1c1ccc(N2CCC(CO)CC2)cc1. The minimum Gasteiger partial charge on any atom is -0.396 e. The minimum absolute atomic E-state index is 0.0280. The first-order valence-corrected chi connectivity index (χ1v) is 11.9. The number of hydrogen-bond acceptors (Lipinski definition) is 6. The van der Waals surface area contributed by atoms with Gasteiger partial charge in [-0.25, -0.2) is 0 Å². The van der Waals surface area contributed by atoms with E-state index in [-0.39, 0.29) is 12.3 Å². The van der Waals surface area contributed by atoms with Gasteiger partial charge in [0.05, 0.1) is 17.2 Å². The van der Waals surface area contributed by atoms with E-state index in [1.807, 2.05) is 24.3 Å². The number of hydrogen-bond donors (Lipinski definition) is 2. The Morgan fingerprint density at radius 2 is 1.66 bits per heavy atom. The number of rotatable bonds is 4. The molecule has 2 aliphatic rings. The van der Waals surface area contributed by atoms with Gasteiger partial charge in [0.1, 0.15) is 5.54 Å². The van der Waals surface area contributed by atoms with Crippen molar-refractivity contribution in [1.29, 1.82) is 5.26 Å². The summed E-state index contributed by atoms with van der Waals surface area (Å²) in [6, 6.07) is 12.5. The molecule has 0 spiro atoms. The van der Waals surface area contributed by atoms with Crippen LogP contribution in [-0.4, -0.2) is 41.7 Å². The van der Waals surface area contributed by atoms with Crippen molar-refractivity contribution in [2.45, 2.75) is 43.9 Å². The second-order valence-corrected chi connectivity index (χ2v) is 9.88. The van der Waals surface area contributed by atoms with Crippen LogP contribution >= 0.6 is 12.6 Å². The van der Waals surface area contributed by atoms with Crippen LogP contribution in [0.3, 0.4) is 0 Å². The predicted octanol–water partition coefficient (Wildman–Crippen LogP) is 4.63. The number of anilines is 3. The van der Waals surface area contributed by atoms with Crippen LogP contribution in [0.2, 0.25) is 0 Å². The number of nitriles is 1. The summed E-state index contributed by atoms with van der Waals surface area (Å²) in [6.07, 6.45) is -2.89. The van der Waals surface area contributed by atoms with Crippen LogP contribution in [-0.2, 0) is 11.0 Å². The van der Waals surface area contributed by atoms with Gasteiger partial charge in [-0.05, 0) is 75.1 Å². The van der Waals surface area contributed by atoms with E-state index >= 15 is 0 Å². The molecule has 2 fully saturated rings. The predicted molar refractivity (Wildman–Crippen MR) is 131 cm³/mol. The fourth-order valence-electron chi connectivity index (χ4n) is 4.83. The van der Waals surface area contributed by atoms with Crippen LogP contribution in [0.1, 0.15) is 37.8 Å². The molecule has 0 saturated carbocycles. The molecule has 10 heteroatoms. The molecule has 0 aromatic heterocycles. The lowest BCUT2D eigenvalue weighted by Crippen LogP contribution is -2.45. The lowest BCUT2D eigenvalue weighted by atomic mass is 9.97. The number of carbonyl (C=O) groups is 1. The van der Waals surface area contributed by atoms with Gasteiger partial charge in [-0.15, -0.1) is 12.6 Å². The van der Waals surface area contributed by atoms with E-state index in [1.165, 1.54) is 11.0 Å². The summed E-state index contributed by atoms with van der Waals surface area (Å²) in [4.78, 5) is 18.6. The Kier molecular flexibility index (Phi) is 6.68. The molecular formula is C25H27F3N4O2S. The van der Waals surface area contributed by atoms with E-state index in [2.05, 4.69) is 17.5 Å². The van der Waals surface area contributed by atoms with Gasteiger partial charge in [-0.3, -0.25) is 9.69 Å². The second-order valence-electron chi connectivity index (χ2n) is 9.42. The van der Waals surface area contributed by atoms with Gasteiger partial charge in [0.15, 0.2) is 5.50 Å². The minimum atomic E-state index is -4.73. The summed E-state index contributed by atoms with van der Waals surface area (Å²) in [5, 5.41) is 18.4. The van der Waals surface area contributed by atoms with Crippen molar-refractivity contribution in [2.75, 3.05) is 34.4 Å². The summed E-state index contributed by atoms with van der Waals surface area (Å²) < 4.78 is 40.6. The van der Waals surface area contributed by atoms with Gasteiger partial charge in [0.25, 0.3) is 5.91 Å². The van der Waals surface area contributed by atoms with Crippen molar-refractivity contribution in [3.05, 3.63) is 53.6 Å². The van der Waals surface area contributed by atoms with Gasteiger partial charge in [-0.1, -0.05) is 0 Å². The number of nitrogens with zero attached hydrogens (tertiary/aromatic N) is 4. The number of amides is 1. The highest BCUT2D eigenvalue weighted by atomic mass is 32.1. The number of aliphatic hydroxyl groups is 1. The van der Waals surface area contributed by atoms with Crippen molar-refractivity contribution in [1.82, 2.24) is 0 Å². The molecule has 6 nitrogen and oxygen atoms in total. The van der Waals surface area contributed by atoms with Crippen LogP contribution in [0.4, 0.5) is 30.2 Å². The number of halogens is 3. The molecule has 1 atom stereocenters. The summed E-state index contributed by atoms with van der Waals surface area (Å²) in [7, 11) is 0. The van der Waals surface area contributed by atoms with E-state index in [9.17, 15) is 23.1 Å².